The maximum Gasteiger partial charge on any atom is 0.292 e. The van der Waals surface area contributed by atoms with Gasteiger partial charge >= 0.3 is 0 Å². The molecule has 4 rings (SSSR count). The first kappa shape index (κ1) is 17.7. The number of rotatable bonds is 5. The van der Waals surface area contributed by atoms with Gasteiger partial charge in [-0.15, -0.1) is 0 Å². The zero-order valence-electron chi connectivity index (χ0n) is 15.7. The lowest BCUT2D eigenvalue weighted by Crippen LogP contribution is -2.25. The Hall–Kier alpha value is -3.67. The van der Waals surface area contributed by atoms with Gasteiger partial charge in [-0.3, -0.25) is 4.79 Å². The molecule has 0 radical (unpaired) electrons. The molecule has 2 aromatic carbocycles. The number of carbonyl (C=O) groups is 1. The molecule has 6 heteroatoms. The van der Waals surface area contributed by atoms with Gasteiger partial charge in [0.05, 0.1) is 11.9 Å². The van der Waals surface area contributed by atoms with Crippen LogP contribution in [0.3, 0.4) is 0 Å². The van der Waals surface area contributed by atoms with Gasteiger partial charge in [-0.2, -0.15) is 5.10 Å². The monoisotopic (exact) mass is 372 g/mol. The number of aryl methyl sites for hydroxylation is 1. The lowest BCUT2D eigenvalue weighted by atomic mass is 10.1. The van der Waals surface area contributed by atoms with Crippen molar-refractivity contribution in [2.45, 2.75) is 13.5 Å². The zero-order valence-corrected chi connectivity index (χ0v) is 15.7. The molecule has 0 fully saturated rings. The second-order valence-electron chi connectivity index (χ2n) is 6.73. The molecule has 1 amide bonds. The highest BCUT2D eigenvalue weighted by atomic mass is 16.5. The first-order chi connectivity index (χ1) is 13.6. The first-order valence-electron chi connectivity index (χ1n) is 8.98. The van der Waals surface area contributed by atoms with E-state index in [1.807, 2.05) is 67.7 Å². The van der Waals surface area contributed by atoms with E-state index in [0.29, 0.717) is 12.2 Å². The third-order valence-electron chi connectivity index (χ3n) is 4.49. The average molecular weight is 372 g/mol. The van der Waals surface area contributed by atoms with E-state index < -0.39 is 0 Å². The van der Waals surface area contributed by atoms with Gasteiger partial charge in [-0.05, 0) is 19.1 Å². The SMILES string of the molecule is Cc1ccc(-c2cc(C(=O)N(C)Cc3cnn(-c4ccccc4)c3)on2)cc1. The van der Waals surface area contributed by atoms with Gasteiger partial charge in [-0.1, -0.05) is 53.2 Å². The second kappa shape index (κ2) is 7.52. The Bertz CT molecular complexity index is 1080. The number of para-hydroxylation sites is 1. The molecular weight excluding hydrogens is 352 g/mol. The number of aromatic nitrogens is 3. The molecule has 0 spiro atoms. The Morgan fingerprint density at radius 1 is 1.11 bits per heavy atom. The van der Waals surface area contributed by atoms with Gasteiger partial charge in [-0.25, -0.2) is 4.68 Å². The Labute approximate surface area is 163 Å². The lowest BCUT2D eigenvalue weighted by molar-refractivity contribution is 0.0743. The smallest absolute Gasteiger partial charge is 0.292 e. The van der Waals surface area contributed by atoms with Crippen molar-refractivity contribution in [3.63, 3.8) is 0 Å². The van der Waals surface area contributed by atoms with Gasteiger partial charge < -0.3 is 9.42 Å². The quantitative estimate of drug-likeness (QED) is 0.529. The van der Waals surface area contributed by atoms with Gasteiger partial charge in [0, 0.05) is 37.0 Å². The molecular formula is C22H20N4O2. The van der Waals surface area contributed by atoms with Crippen molar-refractivity contribution in [1.29, 1.82) is 0 Å². The van der Waals surface area contributed by atoms with Crippen LogP contribution in [-0.2, 0) is 6.54 Å². The fourth-order valence-electron chi connectivity index (χ4n) is 2.93. The van der Waals surface area contributed by atoms with Crippen LogP contribution in [0.5, 0.6) is 0 Å². The standard InChI is InChI=1S/C22H20N4O2/c1-16-8-10-18(11-9-16)20-12-21(28-24-20)22(27)25(2)14-17-13-23-26(15-17)19-6-4-3-5-7-19/h3-13,15H,14H2,1-2H3. The van der Waals surface area contributed by atoms with E-state index in [1.54, 1.807) is 28.9 Å². The maximum atomic E-state index is 12.7. The van der Waals surface area contributed by atoms with Gasteiger partial charge in [0.2, 0.25) is 5.76 Å². The molecule has 0 bridgehead atoms. The minimum Gasteiger partial charge on any atom is -0.350 e. The van der Waals surface area contributed by atoms with Crippen LogP contribution in [0.25, 0.3) is 16.9 Å². The molecule has 4 aromatic rings. The van der Waals surface area contributed by atoms with Gasteiger partial charge in [0.25, 0.3) is 5.91 Å². The van der Waals surface area contributed by atoms with Crippen LogP contribution in [0.15, 0.2) is 77.6 Å². The highest BCUT2D eigenvalue weighted by Gasteiger charge is 2.19. The summed E-state index contributed by atoms with van der Waals surface area (Å²) >= 11 is 0. The van der Waals surface area contributed by atoms with E-state index in [-0.39, 0.29) is 11.7 Å². The minimum absolute atomic E-state index is 0.216. The van der Waals surface area contributed by atoms with Crippen molar-refractivity contribution in [3.8, 4) is 16.9 Å². The van der Waals surface area contributed by atoms with Crippen molar-refractivity contribution in [1.82, 2.24) is 19.8 Å². The molecule has 2 heterocycles. The second-order valence-corrected chi connectivity index (χ2v) is 6.73. The Morgan fingerprint density at radius 3 is 2.61 bits per heavy atom. The Balaban J connectivity index is 1.45. The normalized spacial score (nSPS) is 10.8. The summed E-state index contributed by atoms with van der Waals surface area (Å²) in [5.41, 5.74) is 4.63. The third kappa shape index (κ3) is 3.71. The Morgan fingerprint density at radius 2 is 1.86 bits per heavy atom. The van der Waals surface area contributed by atoms with E-state index in [0.717, 1.165) is 16.8 Å². The number of benzene rings is 2. The number of hydrogen-bond donors (Lipinski definition) is 0. The van der Waals surface area contributed by atoms with Crippen molar-refractivity contribution in [2.24, 2.45) is 0 Å². The Kier molecular flexibility index (Phi) is 4.76. The molecule has 0 unspecified atom stereocenters. The third-order valence-corrected chi connectivity index (χ3v) is 4.49. The van der Waals surface area contributed by atoms with E-state index in [9.17, 15) is 4.79 Å². The van der Waals surface area contributed by atoms with Crippen LogP contribution < -0.4 is 0 Å². The summed E-state index contributed by atoms with van der Waals surface area (Å²) in [4.78, 5) is 14.3. The highest BCUT2D eigenvalue weighted by molar-refractivity contribution is 5.92. The number of hydrogen-bond acceptors (Lipinski definition) is 4. The summed E-state index contributed by atoms with van der Waals surface area (Å²) < 4.78 is 7.07. The molecule has 0 saturated heterocycles. The van der Waals surface area contributed by atoms with Crippen LogP contribution >= 0.6 is 0 Å². The molecule has 0 saturated carbocycles. The summed E-state index contributed by atoms with van der Waals surface area (Å²) in [6.07, 6.45) is 3.67. The van der Waals surface area contributed by atoms with Crippen LogP contribution in [0.4, 0.5) is 0 Å². The molecule has 0 N–H and O–H groups in total. The molecule has 0 aliphatic heterocycles. The molecule has 28 heavy (non-hydrogen) atoms. The van der Waals surface area contributed by atoms with Gasteiger partial charge in [0.15, 0.2) is 0 Å². The molecule has 0 aliphatic rings. The molecule has 140 valence electrons. The molecule has 0 atom stereocenters. The topological polar surface area (TPSA) is 64.2 Å². The van der Waals surface area contributed by atoms with Crippen molar-refractivity contribution >= 4 is 5.91 Å². The molecule has 2 aromatic heterocycles. The van der Waals surface area contributed by atoms with Crippen molar-refractivity contribution < 1.29 is 9.32 Å². The largest absolute Gasteiger partial charge is 0.350 e. The summed E-state index contributed by atoms with van der Waals surface area (Å²) in [6, 6.07) is 19.4. The van der Waals surface area contributed by atoms with E-state index in [2.05, 4.69) is 10.3 Å². The average Bonchev–Trinajstić information content (AvgIpc) is 3.39. The van der Waals surface area contributed by atoms with E-state index >= 15 is 0 Å². The van der Waals surface area contributed by atoms with Crippen molar-refractivity contribution in [2.75, 3.05) is 7.05 Å². The highest BCUT2D eigenvalue weighted by Crippen LogP contribution is 2.20. The molecule has 6 nitrogen and oxygen atoms in total. The predicted octanol–water partition coefficient (Wildman–Crippen LogP) is 4.11. The van der Waals surface area contributed by atoms with E-state index in [4.69, 9.17) is 4.52 Å². The van der Waals surface area contributed by atoms with Crippen LogP contribution in [-0.4, -0.2) is 32.8 Å². The number of amides is 1. The zero-order chi connectivity index (χ0) is 19.5. The number of carbonyl (C=O) groups excluding carboxylic acids is 1. The fraction of sp³-hybridized carbons (Fsp3) is 0.136. The number of nitrogens with zero attached hydrogens (tertiary/aromatic N) is 4. The summed E-state index contributed by atoms with van der Waals surface area (Å²) in [5.74, 6) is -0.00755. The van der Waals surface area contributed by atoms with Crippen molar-refractivity contribution in [3.05, 3.63) is 89.9 Å². The van der Waals surface area contributed by atoms with Crippen LogP contribution in [0.2, 0.25) is 0 Å². The lowest BCUT2D eigenvalue weighted by Gasteiger charge is -2.13. The van der Waals surface area contributed by atoms with Crippen LogP contribution in [0.1, 0.15) is 21.7 Å². The summed E-state index contributed by atoms with van der Waals surface area (Å²) in [7, 11) is 1.73. The fourth-order valence-corrected chi connectivity index (χ4v) is 2.93. The summed E-state index contributed by atoms with van der Waals surface area (Å²) in [6.45, 7) is 2.45. The van der Waals surface area contributed by atoms with E-state index in [1.165, 1.54) is 5.56 Å². The summed E-state index contributed by atoms with van der Waals surface area (Å²) in [5, 5.41) is 8.40. The van der Waals surface area contributed by atoms with Gasteiger partial charge in [0.1, 0.15) is 5.69 Å². The maximum absolute atomic E-state index is 12.7. The minimum atomic E-state index is -0.224. The first-order valence-corrected chi connectivity index (χ1v) is 8.98. The predicted molar refractivity (Wildman–Crippen MR) is 106 cm³/mol. The van der Waals surface area contributed by atoms with Crippen LogP contribution in [0, 0.1) is 6.92 Å². The molecule has 0 aliphatic carbocycles.